The molecule has 1 unspecified atom stereocenters. The van der Waals surface area contributed by atoms with Gasteiger partial charge in [-0.3, -0.25) is 0 Å². The lowest BCUT2D eigenvalue weighted by Gasteiger charge is -2.24. The standard InChI is InChI=1S/C10H12/c1-2-6-10-8-4-3-7-9(10)5-1/h1,5-6,9H,3-4,7-8H2. The van der Waals surface area contributed by atoms with Crippen LogP contribution in [0.25, 0.3) is 0 Å². The third-order valence-electron chi connectivity index (χ3n) is 2.40. The Hall–Kier alpha value is -0.520. The van der Waals surface area contributed by atoms with Crippen molar-refractivity contribution in [1.29, 1.82) is 0 Å². The summed E-state index contributed by atoms with van der Waals surface area (Å²) in [6, 6.07) is 0. The van der Waals surface area contributed by atoms with E-state index in [0.29, 0.717) is 0 Å². The number of rotatable bonds is 0. The van der Waals surface area contributed by atoms with Crippen molar-refractivity contribution >= 4 is 0 Å². The van der Waals surface area contributed by atoms with Crippen LogP contribution in [0.3, 0.4) is 0 Å². The fraction of sp³-hybridized carbons (Fsp3) is 0.500. The van der Waals surface area contributed by atoms with Gasteiger partial charge in [-0.05, 0) is 25.2 Å². The first-order valence-corrected chi connectivity index (χ1v) is 4.08. The zero-order valence-electron chi connectivity index (χ0n) is 6.14. The average Bonchev–Trinajstić information content (AvgIpc) is 2.05. The summed E-state index contributed by atoms with van der Waals surface area (Å²) in [7, 11) is 0. The van der Waals surface area contributed by atoms with Crippen LogP contribution in [0.5, 0.6) is 0 Å². The summed E-state index contributed by atoms with van der Waals surface area (Å²) < 4.78 is 0. The third kappa shape index (κ3) is 1.03. The summed E-state index contributed by atoms with van der Waals surface area (Å²) in [5.41, 5.74) is 1.61. The Kier molecular flexibility index (Phi) is 1.62. The highest BCUT2D eigenvalue weighted by atomic mass is 14.2. The van der Waals surface area contributed by atoms with E-state index in [9.17, 15) is 0 Å². The first-order chi connectivity index (χ1) is 4.97. The predicted molar refractivity (Wildman–Crippen MR) is 42.4 cm³/mol. The Morgan fingerprint density at radius 1 is 1.40 bits per heavy atom. The second-order valence-corrected chi connectivity index (χ2v) is 3.10. The normalized spacial score (nSPS) is 31.2. The van der Waals surface area contributed by atoms with E-state index in [1.165, 1.54) is 25.7 Å². The van der Waals surface area contributed by atoms with Gasteiger partial charge >= 0.3 is 0 Å². The van der Waals surface area contributed by atoms with Gasteiger partial charge in [-0.2, -0.15) is 0 Å². The highest BCUT2D eigenvalue weighted by Gasteiger charge is 2.16. The van der Waals surface area contributed by atoms with Crippen LogP contribution in [0.15, 0.2) is 23.8 Å². The molecule has 10 heavy (non-hydrogen) atoms. The van der Waals surface area contributed by atoms with Crippen LogP contribution < -0.4 is 0 Å². The highest BCUT2D eigenvalue weighted by Crippen LogP contribution is 2.32. The van der Waals surface area contributed by atoms with Crippen molar-refractivity contribution < 1.29 is 0 Å². The van der Waals surface area contributed by atoms with Crippen molar-refractivity contribution in [3.8, 4) is 0 Å². The molecule has 0 bridgehead atoms. The van der Waals surface area contributed by atoms with E-state index in [1.807, 2.05) is 0 Å². The van der Waals surface area contributed by atoms with Gasteiger partial charge < -0.3 is 0 Å². The molecule has 0 N–H and O–H groups in total. The zero-order chi connectivity index (χ0) is 6.81. The molecule has 1 fully saturated rings. The van der Waals surface area contributed by atoms with Crippen LogP contribution in [0, 0.1) is 12.3 Å². The first kappa shape index (κ1) is 6.21. The predicted octanol–water partition coefficient (Wildman–Crippen LogP) is 2.75. The molecule has 0 spiro atoms. The molecule has 2 radical (unpaired) electrons. The van der Waals surface area contributed by atoms with E-state index in [4.69, 9.17) is 0 Å². The van der Waals surface area contributed by atoms with Gasteiger partial charge in [0.2, 0.25) is 0 Å². The summed E-state index contributed by atoms with van der Waals surface area (Å²) in [5, 5.41) is 0. The molecule has 0 heterocycles. The number of fused-ring (bicyclic) bond motifs is 1. The Bertz CT molecular complexity index is 174. The van der Waals surface area contributed by atoms with Crippen LogP contribution in [-0.2, 0) is 0 Å². The molecule has 0 amide bonds. The molecular weight excluding hydrogens is 120 g/mol. The maximum absolute atomic E-state index is 3.14. The van der Waals surface area contributed by atoms with E-state index >= 15 is 0 Å². The molecule has 0 heteroatoms. The summed E-state index contributed by atoms with van der Waals surface area (Å²) in [6.07, 6.45) is 15.1. The minimum atomic E-state index is 0.773. The third-order valence-corrected chi connectivity index (χ3v) is 2.40. The van der Waals surface area contributed by atoms with Crippen molar-refractivity contribution in [3.05, 3.63) is 30.2 Å². The lowest BCUT2D eigenvalue weighted by molar-refractivity contribution is 0.516. The molecule has 0 nitrogen and oxygen atoms in total. The molecule has 0 saturated heterocycles. The van der Waals surface area contributed by atoms with E-state index in [-0.39, 0.29) is 0 Å². The minimum absolute atomic E-state index is 0.773. The Balaban J connectivity index is 2.13. The molecule has 0 aromatic rings. The Morgan fingerprint density at radius 3 is 3.30 bits per heavy atom. The molecule has 1 saturated carbocycles. The summed E-state index contributed by atoms with van der Waals surface area (Å²) in [5.74, 6) is 0.773. The summed E-state index contributed by atoms with van der Waals surface area (Å²) in [4.78, 5) is 0. The molecule has 2 aliphatic carbocycles. The lowest BCUT2D eigenvalue weighted by atomic mass is 9.81. The van der Waals surface area contributed by atoms with Crippen LogP contribution >= 0.6 is 0 Å². The van der Waals surface area contributed by atoms with Gasteiger partial charge in [-0.1, -0.05) is 30.2 Å². The van der Waals surface area contributed by atoms with Gasteiger partial charge in [0.25, 0.3) is 0 Å². The molecule has 0 aromatic carbocycles. The zero-order valence-corrected chi connectivity index (χ0v) is 6.14. The van der Waals surface area contributed by atoms with Gasteiger partial charge in [0.15, 0.2) is 0 Å². The van der Waals surface area contributed by atoms with Crippen molar-refractivity contribution in [1.82, 2.24) is 0 Å². The number of hydrogen-bond acceptors (Lipinski definition) is 0. The Labute approximate surface area is 62.6 Å². The molecule has 0 aromatic heterocycles. The molecule has 0 aliphatic heterocycles. The second-order valence-electron chi connectivity index (χ2n) is 3.10. The monoisotopic (exact) mass is 132 g/mol. The fourth-order valence-corrected chi connectivity index (χ4v) is 1.79. The van der Waals surface area contributed by atoms with Crippen LogP contribution in [0.1, 0.15) is 25.7 Å². The van der Waals surface area contributed by atoms with Crippen molar-refractivity contribution in [2.75, 3.05) is 0 Å². The maximum atomic E-state index is 3.14. The van der Waals surface area contributed by atoms with Crippen molar-refractivity contribution in [3.63, 3.8) is 0 Å². The fourth-order valence-electron chi connectivity index (χ4n) is 1.79. The van der Waals surface area contributed by atoms with Gasteiger partial charge in [0.1, 0.15) is 0 Å². The van der Waals surface area contributed by atoms with Crippen LogP contribution in [0.4, 0.5) is 0 Å². The molecule has 2 rings (SSSR count). The summed E-state index contributed by atoms with van der Waals surface area (Å²) >= 11 is 0. The quantitative estimate of drug-likeness (QED) is 0.475. The minimum Gasteiger partial charge on any atom is -0.0804 e. The largest absolute Gasteiger partial charge is 0.0804 e. The van der Waals surface area contributed by atoms with Gasteiger partial charge in [0.05, 0.1) is 0 Å². The lowest BCUT2D eigenvalue weighted by Crippen LogP contribution is -2.09. The number of allylic oxidation sites excluding steroid dienone is 4. The van der Waals surface area contributed by atoms with Crippen molar-refractivity contribution in [2.24, 2.45) is 5.92 Å². The first-order valence-electron chi connectivity index (χ1n) is 4.08. The summed E-state index contributed by atoms with van der Waals surface area (Å²) in [6.45, 7) is 0. The SMILES string of the molecule is [C]1C=CC2CCCCC2=C1. The van der Waals surface area contributed by atoms with E-state index < -0.39 is 0 Å². The molecule has 2 aliphatic rings. The van der Waals surface area contributed by atoms with E-state index in [2.05, 4.69) is 24.6 Å². The molecule has 52 valence electrons. The molecular formula is C10H12. The van der Waals surface area contributed by atoms with Gasteiger partial charge in [-0.25, -0.2) is 0 Å². The maximum Gasteiger partial charge on any atom is 0.0340 e. The average molecular weight is 132 g/mol. The second kappa shape index (κ2) is 2.61. The topological polar surface area (TPSA) is 0 Å². The highest BCUT2D eigenvalue weighted by molar-refractivity contribution is 5.27. The van der Waals surface area contributed by atoms with Crippen LogP contribution in [-0.4, -0.2) is 0 Å². The van der Waals surface area contributed by atoms with Crippen molar-refractivity contribution in [2.45, 2.75) is 25.7 Å². The van der Waals surface area contributed by atoms with Gasteiger partial charge in [0, 0.05) is 6.42 Å². The van der Waals surface area contributed by atoms with Gasteiger partial charge in [-0.15, -0.1) is 0 Å². The van der Waals surface area contributed by atoms with Crippen LogP contribution in [0.2, 0.25) is 0 Å². The Morgan fingerprint density at radius 2 is 2.40 bits per heavy atom. The van der Waals surface area contributed by atoms with E-state index in [0.717, 1.165) is 5.92 Å². The molecule has 1 atom stereocenters. The van der Waals surface area contributed by atoms with E-state index in [1.54, 1.807) is 5.57 Å². The smallest absolute Gasteiger partial charge is 0.0340 e. The number of hydrogen-bond donors (Lipinski definition) is 0.